The number of aromatic nitrogens is 1. The van der Waals surface area contributed by atoms with E-state index in [1.165, 1.54) is 44.5 Å². The number of thioether (sulfide) groups is 1. The first kappa shape index (κ1) is 23.9. The Balaban J connectivity index is 1.26. The molecule has 0 saturated carbocycles. The molecular weight excluding hydrogens is 449 g/mol. The lowest BCUT2D eigenvalue weighted by Gasteiger charge is -2.36. The van der Waals surface area contributed by atoms with Gasteiger partial charge in [-0.2, -0.15) is 13.2 Å². The van der Waals surface area contributed by atoms with E-state index in [9.17, 15) is 18.0 Å². The van der Waals surface area contributed by atoms with E-state index in [0.29, 0.717) is 37.4 Å². The van der Waals surface area contributed by atoms with Gasteiger partial charge in [-0.15, -0.1) is 11.8 Å². The molecule has 178 valence electrons. The highest BCUT2D eigenvalue weighted by molar-refractivity contribution is 7.99. The van der Waals surface area contributed by atoms with E-state index in [1.807, 2.05) is 17.0 Å². The van der Waals surface area contributed by atoms with Crippen molar-refractivity contribution in [3.8, 4) is 0 Å². The Morgan fingerprint density at radius 1 is 0.970 bits per heavy atom. The molecule has 9 heteroatoms. The van der Waals surface area contributed by atoms with Gasteiger partial charge in [0.15, 0.2) is 0 Å². The van der Waals surface area contributed by atoms with Gasteiger partial charge in [0, 0.05) is 50.4 Å². The van der Waals surface area contributed by atoms with Crippen molar-refractivity contribution in [2.75, 3.05) is 56.5 Å². The maximum Gasteiger partial charge on any atom is 0.416 e. The van der Waals surface area contributed by atoms with Crippen LogP contribution in [0.4, 0.5) is 18.9 Å². The van der Waals surface area contributed by atoms with Crippen LogP contribution in [0.25, 0.3) is 0 Å². The Kier molecular flexibility index (Phi) is 7.80. The number of carbonyl (C=O) groups excluding carboxylic acids is 1. The van der Waals surface area contributed by atoms with Gasteiger partial charge < -0.3 is 14.7 Å². The van der Waals surface area contributed by atoms with E-state index >= 15 is 0 Å². The molecule has 0 spiro atoms. The molecule has 2 fully saturated rings. The summed E-state index contributed by atoms with van der Waals surface area (Å²) in [5.41, 5.74) is 0.422. The zero-order valence-electron chi connectivity index (χ0n) is 18.6. The van der Waals surface area contributed by atoms with E-state index in [-0.39, 0.29) is 5.91 Å². The zero-order chi connectivity index (χ0) is 23.3. The van der Waals surface area contributed by atoms with E-state index in [2.05, 4.69) is 9.88 Å². The summed E-state index contributed by atoms with van der Waals surface area (Å²) >= 11 is 1.71. The summed E-state index contributed by atoms with van der Waals surface area (Å²) in [5.74, 6) is 0.897. The highest BCUT2D eigenvalue weighted by Gasteiger charge is 2.31. The van der Waals surface area contributed by atoms with E-state index < -0.39 is 11.7 Å². The summed E-state index contributed by atoms with van der Waals surface area (Å²) in [4.78, 5) is 23.4. The number of benzene rings is 1. The molecule has 2 aliphatic heterocycles. The van der Waals surface area contributed by atoms with Gasteiger partial charge in [-0.05, 0) is 56.3 Å². The smallest absolute Gasteiger partial charge is 0.368 e. The number of hydrogen-bond acceptors (Lipinski definition) is 5. The molecule has 0 N–H and O–H groups in total. The van der Waals surface area contributed by atoms with Crippen molar-refractivity contribution in [3.05, 3.63) is 53.7 Å². The van der Waals surface area contributed by atoms with Crippen LogP contribution in [0, 0.1) is 0 Å². The molecule has 0 aliphatic carbocycles. The first-order valence-corrected chi connectivity index (χ1v) is 12.4. The van der Waals surface area contributed by atoms with Crippen molar-refractivity contribution in [1.82, 2.24) is 14.8 Å². The second kappa shape index (κ2) is 10.8. The van der Waals surface area contributed by atoms with E-state index in [4.69, 9.17) is 0 Å². The van der Waals surface area contributed by atoms with E-state index in [1.54, 1.807) is 28.9 Å². The van der Waals surface area contributed by atoms with Crippen molar-refractivity contribution in [2.45, 2.75) is 30.5 Å². The molecule has 1 aromatic heterocycles. The number of piperidine rings is 1. The van der Waals surface area contributed by atoms with Gasteiger partial charge in [0.05, 0.1) is 16.2 Å². The second-order valence-electron chi connectivity index (χ2n) is 8.46. The number of piperazine rings is 1. The largest absolute Gasteiger partial charge is 0.416 e. The van der Waals surface area contributed by atoms with Gasteiger partial charge >= 0.3 is 6.18 Å². The van der Waals surface area contributed by atoms with Crippen molar-refractivity contribution in [2.24, 2.45) is 0 Å². The molecule has 1 aromatic carbocycles. The molecule has 1 amide bonds. The number of anilines is 1. The predicted molar refractivity (Wildman–Crippen MR) is 125 cm³/mol. The lowest BCUT2D eigenvalue weighted by Crippen LogP contribution is -2.48. The molecule has 0 unspecified atom stereocenters. The monoisotopic (exact) mass is 478 g/mol. The number of carbonyl (C=O) groups is 1. The SMILES string of the molecule is O=C(c1ccc(SCCN2CCCCC2)nc1)N1CCN(c2cccc(C(F)(F)F)c2)CC1. The highest BCUT2D eigenvalue weighted by atomic mass is 32.2. The lowest BCUT2D eigenvalue weighted by atomic mass is 10.1. The Labute approximate surface area is 197 Å². The second-order valence-corrected chi connectivity index (χ2v) is 9.58. The van der Waals surface area contributed by atoms with Crippen LogP contribution >= 0.6 is 11.8 Å². The molecule has 33 heavy (non-hydrogen) atoms. The van der Waals surface area contributed by atoms with Crippen LogP contribution < -0.4 is 4.90 Å². The number of halogens is 3. The van der Waals surface area contributed by atoms with Gasteiger partial charge in [-0.3, -0.25) is 4.79 Å². The van der Waals surface area contributed by atoms with E-state index in [0.717, 1.165) is 23.4 Å². The average molecular weight is 479 g/mol. The third kappa shape index (κ3) is 6.41. The molecule has 4 rings (SSSR count). The first-order chi connectivity index (χ1) is 15.9. The summed E-state index contributed by atoms with van der Waals surface area (Å²) in [7, 11) is 0. The average Bonchev–Trinajstić information content (AvgIpc) is 2.84. The number of amides is 1. The number of rotatable bonds is 6. The number of pyridine rings is 1. The zero-order valence-corrected chi connectivity index (χ0v) is 19.4. The summed E-state index contributed by atoms with van der Waals surface area (Å²) in [6.07, 6.45) is 1.17. The fourth-order valence-electron chi connectivity index (χ4n) is 4.28. The number of hydrogen-bond donors (Lipinski definition) is 0. The third-order valence-corrected chi connectivity index (χ3v) is 7.12. The maximum atomic E-state index is 13.0. The molecule has 2 saturated heterocycles. The number of alkyl halides is 3. The Morgan fingerprint density at radius 3 is 2.39 bits per heavy atom. The molecule has 2 aliphatic rings. The summed E-state index contributed by atoms with van der Waals surface area (Å²) in [6.45, 7) is 5.33. The molecule has 0 bridgehead atoms. The Hall–Kier alpha value is -2.26. The van der Waals surface area contributed by atoms with Gasteiger partial charge in [0.2, 0.25) is 0 Å². The van der Waals surface area contributed by atoms with Crippen molar-refractivity contribution in [1.29, 1.82) is 0 Å². The lowest BCUT2D eigenvalue weighted by molar-refractivity contribution is -0.137. The molecule has 2 aromatic rings. The van der Waals surface area contributed by atoms with Gasteiger partial charge in [-0.1, -0.05) is 12.5 Å². The maximum absolute atomic E-state index is 13.0. The number of nitrogens with zero attached hydrogens (tertiary/aromatic N) is 4. The van der Waals surface area contributed by atoms with Crippen LogP contribution in [0.1, 0.15) is 35.2 Å². The van der Waals surface area contributed by atoms with Gasteiger partial charge in [0.25, 0.3) is 5.91 Å². The quantitative estimate of drug-likeness (QED) is 0.566. The van der Waals surface area contributed by atoms with Gasteiger partial charge in [-0.25, -0.2) is 4.98 Å². The molecule has 0 atom stereocenters. The summed E-state index contributed by atoms with van der Waals surface area (Å²) in [5, 5.41) is 0.915. The summed E-state index contributed by atoms with van der Waals surface area (Å²) in [6, 6.07) is 9.06. The fourth-order valence-corrected chi connectivity index (χ4v) is 5.13. The first-order valence-electron chi connectivity index (χ1n) is 11.4. The minimum atomic E-state index is -4.36. The molecular formula is C24H29F3N4OS. The van der Waals surface area contributed by atoms with Crippen LogP contribution in [0.3, 0.4) is 0 Å². The van der Waals surface area contributed by atoms with Crippen LogP contribution in [0.15, 0.2) is 47.6 Å². The Morgan fingerprint density at radius 2 is 1.73 bits per heavy atom. The van der Waals surface area contributed by atoms with Crippen molar-refractivity contribution >= 4 is 23.4 Å². The normalized spacial score (nSPS) is 17.9. The van der Waals surface area contributed by atoms with Crippen LogP contribution in [-0.4, -0.2) is 72.3 Å². The van der Waals surface area contributed by atoms with Crippen LogP contribution in [0.2, 0.25) is 0 Å². The van der Waals surface area contributed by atoms with Crippen molar-refractivity contribution < 1.29 is 18.0 Å². The van der Waals surface area contributed by atoms with Crippen LogP contribution in [-0.2, 0) is 6.18 Å². The Bertz CT molecular complexity index is 924. The van der Waals surface area contributed by atoms with Crippen LogP contribution in [0.5, 0.6) is 0 Å². The topological polar surface area (TPSA) is 39.7 Å². The fraction of sp³-hybridized carbons (Fsp3) is 0.500. The minimum absolute atomic E-state index is 0.0870. The highest BCUT2D eigenvalue weighted by Crippen LogP contribution is 2.32. The van der Waals surface area contributed by atoms with Gasteiger partial charge in [0.1, 0.15) is 0 Å². The molecule has 0 radical (unpaired) electrons. The summed E-state index contributed by atoms with van der Waals surface area (Å²) < 4.78 is 39.0. The minimum Gasteiger partial charge on any atom is -0.368 e. The van der Waals surface area contributed by atoms with Crippen molar-refractivity contribution in [3.63, 3.8) is 0 Å². The third-order valence-electron chi connectivity index (χ3n) is 6.19. The standard InChI is InChI=1S/C24H29F3N4OS/c25-24(26,27)20-5-4-6-21(17-20)30-11-13-31(14-12-30)23(32)19-7-8-22(28-18-19)33-16-15-29-9-2-1-3-10-29/h4-8,17-18H,1-3,9-16H2. The molecule has 3 heterocycles. The molecule has 5 nitrogen and oxygen atoms in total. The predicted octanol–water partition coefficient (Wildman–Crippen LogP) is 4.64. The number of likely N-dealkylation sites (tertiary alicyclic amines) is 1.